The van der Waals surface area contributed by atoms with Gasteiger partial charge < -0.3 is 9.64 Å². The number of morpholine rings is 1. The van der Waals surface area contributed by atoms with Crippen molar-refractivity contribution in [1.82, 2.24) is 4.90 Å². The van der Waals surface area contributed by atoms with Crippen molar-refractivity contribution in [3.8, 4) is 0 Å². The van der Waals surface area contributed by atoms with Gasteiger partial charge in [-0.2, -0.15) is 0 Å². The molecule has 0 aromatic carbocycles. The second-order valence-electron chi connectivity index (χ2n) is 3.61. The molecule has 3 heteroatoms. The highest BCUT2D eigenvalue weighted by atomic mass is 16.5. The highest BCUT2D eigenvalue weighted by molar-refractivity contribution is 5.76. The largest absolute Gasteiger partial charge is 0.371 e. The number of fused-ring (bicyclic) bond motifs is 2. The van der Waals surface area contributed by atoms with Crippen molar-refractivity contribution in [1.29, 1.82) is 0 Å². The summed E-state index contributed by atoms with van der Waals surface area (Å²) in [7, 11) is 0. The number of nitrogens with zero attached hydrogens (tertiary/aromatic N) is 1. The van der Waals surface area contributed by atoms with Gasteiger partial charge in [-0.15, -0.1) is 0 Å². The maximum Gasteiger partial charge on any atom is 0.222 e. The molecule has 2 bridgehead atoms. The summed E-state index contributed by atoms with van der Waals surface area (Å²) in [6.07, 6.45) is 3.56. The summed E-state index contributed by atoms with van der Waals surface area (Å²) in [4.78, 5) is 13.3. The van der Waals surface area contributed by atoms with Crippen LogP contribution in [0.2, 0.25) is 0 Å². The summed E-state index contributed by atoms with van der Waals surface area (Å²) in [6.45, 7) is 3.56. The lowest BCUT2D eigenvalue weighted by molar-refractivity contribution is -0.139. The average Bonchev–Trinajstić information content (AvgIpc) is 2.44. The van der Waals surface area contributed by atoms with Gasteiger partial charge in [-0.25, -0.2) is 0 Å². The van der Waals surface area contributed by atoms with Gasteiger partial charge in [-0.3, -0.25) is 4.79 Å². The molecule has 2 aliphatic heterocycles. The zero-order chi connectivity index (χ0) is 8.55. The summed E-state index contributed by atoms with van der Waals surface area (Å²) in [5.41, 5.74) is 0. The van der Waals surface area contributed by atoms with E-state index in [1.54, 1.807) is 0 Å². The van der Waals surface area contributed by atoms with E-state index in [9.17, 15) is 4.79 Å². The molecule has 2 heterocycles. The number of carbonyl (C=O) groups is 1. The Labute approximate surface area is 72.7 Å². The van der Waals surface area contributed by atoms with Gasteiger partial charge in [0.2, 0.25) is 5.91 Å². The van der Waals surface area contributed by atoms with Crippen molar-refractivity contribution in [2.75, 3.05) is 13.1 Å². The van der Waals surface area contributed by atoms with E-state index in [1.165, 1.54) is 0 Å². The summed E-state index contributed by atoms with van der Waals surface area (Å²) in [6, 6.07) is 0. The molecule has 0 unspecified atom stereocenters. The van der Waals surface area contributed by atoms with E-state index >= 15 is 0 Å². The van der Waals surface area contributed by atoms with Crippen molar-refractivity contribution in [2.45, 2.75) is 38.4 Å². The lowest BCUT2D eigenvalue weighted by atomic mass is 10.2. The number of amides is 1. The van der Waals surface area contributed by atoms with Crippen LogP contribution in [0.15, 0.2) is 0 Å². The molecule has 68 valence electrons. The van der Waals surface area contributed by atoms with Crippen LogP contribution in [0, 0.1) is 0 Å². The minimum atomic E-state index is 0.273. The van der Waals surface area contributed by atoms with E-state index in [1.807, 2.05) is 11.8 Å². The number of likely N-dealkylation sites (tertiary alicyclic amines) is 1. The smallest absolute Gasteiger partial charge is 0.222 e. The zero-order valence-corrected chi connectivity index (χ0v) is 7.45. The fourth-order valence-corrected chi connectivity index (χ4v) is 2.04. The third kappa shape index (κ3) is 1.33. The third-order valence-electron chi connectivity index (χ3n) is 2.70. The van der Waals surface area contributed by atoms with Gasteiger partial charge in [0.25, 0.3) is 0 Å². The molecular formula is C9H15NO2. The van der Waals surface area contributed by atoms with Gasteiger partial charge >= 0.3 is 0 Å². The normalized spacial score (nSPS) is 33.9. The van der Waals surface area contributed by atoms with E-state index < -0.39 is 0 Å². The topological polar surface area (TPSA) is 29.5 Å². The second-order valence-corrected chi connectivity index (χ2v) is 3.61. The molecular weight excluding hydrogens is 154 g/mol. The van der Waals surface area contributed by atoms with Gasteiger partial charge in [-0.1, -0.05) is 6.92 Å². The highest BCUT2D eigenvalue weighted by Gasteiger charge is 2.34. The van der Waals surface area contributed by atoms with Crippen LogP contribution in [0.3, 0.4) is 0 Å². The van der Waals surface area contributed by atoms with Crippen LogP contribution >= 0.6 is 0 Å². The summed E-state index contributed by atoms with van der Waals surface area (Å²) in [5, 5.41) is 0. The summed E-state index contributed by atoms with van der Waals surface area (Å²) < 4.78 is 5.63. The molecule has 0 aliphatic carbocycles. The van der Waals surface area contributed by atoms with E-state index in [0.717, 1.165) is 25.9 Å². The summed E-state index contributed by atoms with van der Waals surface area (Å²) >= 11 is 0. The molecule has 12 heavy (non-hydrogen) atoms. The average molecular weight is 169 g/mol. The Balaban J connectivity index is 1.98. The first kappa shape index (κ1) is 8.05. The maximum absolute atomic E-state index is 11.4. The lowest BCUT2D eigenvalue weighted by Crippen LogP contribution is -2.45. The first-order valence-corrected chi connectivity index (χ1v) is 4.73. The maximum atomic E-state index is 11.4. The predicted molar refractivity (Wildman–Crippen MR) is 44.8 cm³/mol. The van der Waals surface area contributed by atoms with Crippen molar-refractivity contribution in [2.24, 2.45) is 0 Å². The molecule has 0 aromatic heterocycles. The van der Waals surface area contributed by atoms with Crippen molar-refractivity contribution in [3.05, 3.63) is 0 Å². The Morgan fingerprint density at radius 2 is 2.00 bits per heavy atom. The Morgan fingerprint density at radius 3 is 2.50 bits per heavy atom. The third-order valence-corrected chi connectivity index (χ3v) is 2.70. The number of hydrogen-bond donors (Lipinski definition) is 0. The Hall–Kier alpha value is -0.570. The summed E-state index contributed by atoms with van der Waals surface area (Å²) in [5.74, 6) is 0.273. The molecule has 0 aromatic rings. The predicted octanol–water partition coefficient (Wildman–Crippen LogP) is 0.786. The van der Waals surface area contributed by atoms with Gasteiger partial charge in [0.1, 0.15) is 0 Å². The second kappa shape index (κ2) is 3.05. The molecule has 2 saturated heterocycles. The van der Waals surface area contributed by atoms with Crippen LogP contribution in [0.25, 0.3) is 0 Å². The fourth-order valence-electron chi connectivity index (χ4n) is 2.04. The van der Waals surface area contributed by atoms with E-state index in [0.29, 0.717) is 18.6 Å². The Morgan fingerprint density at radius 1 is 1.42 bits per heavy atom. The van der Waals surface area contributed by atoms with Crippen LogP contribution in [-0.2, 0) is 9.53 Å². The fraction of sp³-hybridized carbons (Fsp3) is 0.889. The molecule has 3 nitrogen and oxygen atoms in total. The van der Waals surface area contributed by atoms with Crippen LogP contribution in [0.4, 0.5) is 0 Å². The van der Waals surface area contributed by atoms with Crippen LogP contribution < -0.4 is 0 Å². The first-order chi connectivity index (χ1) is 5.79. The Bertz CT molecular complexity index is 181. The number of carbonyl (C=O) groups excluding carboxylic acids is 1. The number of rotatable bonds is 1. The van der Waals surface area contributed by atoms with E-state index in [2.05, 4.69) is 0 Å². The number of hydrogen-bond acceptors (Lipinski definition) is 2. The minimum Gasteiger partial charge on any atom is -0.371 e. The van der Waals surface area contributed by atoms with Crippen molar-refractivity contribution >= 4 is 5.91 Å². The lowest BCUT2D eigenvalue weighted by Gasteiger charge is -2.31. The monoisotopic (exact) mass is 169 g/mol. The molecule has 1 amide bonds. The molecule has 0 radical (unpaired) electrons. The Kier molecular flexibility index (Phi) is 2.05. The number of ether oxygens (including phenoxy) is 1. The highest BCUT2D eigenvalue weighted by Crippen LogP contribution is 2.26. The van der Waals surface area contributed by atoms with Crippen LogP contribution in [0.5, 0.6) is 0 Å². The van der Waals surface area contributed by atoms with Crippen molar-refractivity contribution in [3.63, 3.8) is 0 Å². The molecule has 0 saturated carbocycles. The minimum absolute atomic E-state index is 0.273. The molecule has 2 rings (SSSR count). The molecule has 2 atom stereocenters. The first-order valence-electron chi connectivity index (χ1n) is 4.73. The standard InChI is InChI=1S/C9H15NO2/c1-2-9(11)10-5-7-3-4-8(6-10)12-7/h7-8H,2-6H2,1H3/t7-,8+. The van der Waals surface area contributed by atoms with Crippen LogP contribution in [-0.4, -0.2) is 36.1 Å². The van der Waals surface area contributed by atoms with E-state index in [-0.39, 0.29) is 5.91 Å². The molecule has 0 spiro atoms. The van der Waals surface area contributed by atoms with Crippen LogP contribution in [0.1, 0.15) is 26.2 Å². The van der Waals surface area contributed by atoms with Gasteiger partial charge in [0.05, 0.1) is 12.2 Å². The zero-order valence-electron chi connectivity index (χ0n) is 7.45. The SMILES string of the molecule is CCC(=O)N1C[C@H]2CC[C@@H](C1)O2. The quantitative estimate of drug-likeness (QED) is 0.580. The van der Waals surface area contributed by atoms with Gasteiger partial charge in [-0.05, 0) is 12.8 Å². The van der Waals surface area contributed by atoms with Gasteiger partial charge in [0, 0.05) is 19.5 Å². The van der Waals surface area contributed by atoms with Crippen molar-refractivity contribution < 1.29 is 9.53 Å². The van der Waals surface area contributed by atoms with Gasteiger partial charge in [0.15, 0.2) is 0 Å². The molecule has 2 aliphatic rings. The molecule has 2 fully saturated rings. The molecule has 0 N–H and O–H groups in total. The van der Waals surface area contributed by atoms with E-state index in [4.69, 9.17) is 4.74 Å².